The zero-order chi connectivity index (χ0) is 17.6. The number of benzene rings is 2. The monoisotopic (exact) mass is 338 g/mol. The molecule has 0 aliphatic rings. The molecule has 0 bridgehead atoms. The molecule has 128 valence electrons. The van der Waals surface area contributed by atoms with Crippen molar-refractivity contribution in [3.8, 4) is 5.75 Å². The molecule has 1 aromatic heterocycles. The SMILES string of the molecule is COc1cccc(CNC(=O)CCc2nc3ccccc3oc2=O)c1. The Labute approximate surface area is 144 Å². The average molecular weight is 338 g/mol. The number of aromatic nitrogens is 1. The van der Waals surface area contributed by atoms with E-state index in [0.29, 0.717) is 17.6 Å². The average Bonchev–Trinajstić information content (AvgIpc) is 2.64. The predicted molar refractivity (Wildman–Crippen MR) is 93.4 cm³/mol. The van der Waals surface area contributed by atoms with Crippen LogP contribution in [0.5, 0.6) is 5.75 Å². The molecule has 0 radical (unpaired) electrons. The standard InChI is InChI=1S/C19H18N2O4/c1-24-14-6-4-5-13(11-14)12-20-18(22)10-9-16-19(23)25-17-8-3-2-7-15(17)21-16/h2-8,11H,9-10,12H2,1H3,(H,20,22). The van der Waals surface area contributed by atoms with Crippen LogP contribution in [-0.4, -0.2) is 18.0 Å². The highest BCUT2D eigenvalue weighted by Crippen LogP contribution is 2.12. The van der Waals surface area contributed by atoms with Crippen LogP contribution in [0.3, 0.4) is 0 Å². The first-order chi connectivity index (χ1) is 12.2. The summed E-state index contributed by atoms with van der Waals surface area (Å²) in [6.07, 6.45) is 0.400. The van der Waals surface area contributed by atoms with Crippen LogP contribution < -0.4 is 15.7 Å². The number of carbonyl (C=O) groups is 1. The van der Waals surface area contributed by atoms with Crippen molar-refractivity contribution in [3.05, 3.63) is 70.2 Å². The number of ether oxygens (including phenoxy) is 1. The molecule has 6 nitrogen and oxygen atoms in total. The Morgan fingerprint density at radius 3 is 2.88 bits per heavy atom. The van der Waals surface area contributed by atoms with Gasteiger partial charge in [0.25, 0.3) is 0 Å². The zero-order valence-electron chi connectivity index (χ0n) is 13.8. The number of hydrogen-bond donors (Lipinski definition) is 1. The maximum absolute atomic E-state index is 12.0. The summed E-state index contributed by atoms with van der Waals surface area (Å²) in [6, 6.07) is 14.5. The minimum Gasteiger partial charge on any atom is -0.497 e. The molecule has 0 unspecified atom stereocenters. The summed E-state index contributed by atoms with van der Waals surface area (Å²) in [6.45, 7) is 0.399. The first-order valence-electron chi connectivity index (χ1n) is 7.94. The van der Waals surface area contributed by atoms with Gasteiger partial charge in [-0.2, -0.15) is 0 Å². The van der Waals surface area contributed by atoms with E-state index in [4.69, 9.17) is 9.15 Å². The normalized spacial score (nSPS) is 10.6. The van der Waals surface area contributed by atoms with Gasteiger partial charge in [0.15, 0.2) is 5.58 Å². The Kier molecular flexibility index (Phi) is 5.09. The molecule has 25 heavy (non-hydrogen) atoms. The van der Waals surface area contributed by atoms with Crippen LogP contribution >= 0.6 is 0 Å². The minimum absolute atomic E-state index is 0.155. The molecular weight excluding hydrogens is 320 g/mol. The maximum atomic E-state index is 12.0. The lowest BCUT2D eigenvalue weighted by atomic mass is 10.2. The summed E-state index contributed by atoms with van der Waals surface area (Å²) in [7, 11) is 1.60. The highest BCUT2D eigenvalue weighted by atomic mass is 16.5. The fourth-order valence-electron chi connectivity index (χ4n) is 2.45. The number of amides is 1. The fourth-order valence-corrected chi connectivity index (χ4v) is 2.45. The Morgan fingerprint density at radius 1 is 1.20 bits per heavy atom. The molecular formula is C19H18N2O4. The van der Waals surface area contributed by atoms with Gasteiger partial charge in [-0.3, -0.25) is 4.79 Å². The number of aryl methyl sites for hydroxylation is 1. The van der Waals surface area contributed by atoms with E-state index in [1.807, 2.05) is 30.3 Å². The van der Waals surface area contributed by atoms with E-state index in [0.717, 1.165) is 11.3 Å². The van der Waals surface area contributed by atoms with Crippen molar-refractivity contribution in [2.75, 3.05) is 7.11 Å². The Bertz CT molecular complexity index is 949. The number of fused-ring (bicyclic) bond motifs is 1. The number of hydrogen-bond acceptors (Lipinski definition) is 5. The lowest BCUT2D eigenvalue weighted by Crippen LogP contribution is -2.24. The summed E-state index contributed by atoms with van der Waals surface area (Å²) in [5.41, 5.74) is 1.75. The maximum Gasteiger partial charge on any atom is 0.358 e. The zero-order valence-corrected chi connectivity index (χ0v) is 13.8. The van der Waals surface area contributed by atoms with Gasteiger partial charge in [0.1, 0.15) is 17.0 Å². The fraction of sp³-hybridized carbons (Fsp3) is 0.211. The largest absolute Gasteiger partial charge is 0.497 e. The Balaban J connectivity index is 1.58. The molecule has 3 rings (SSSR count). The van der Waals surface area contributed by atoms with E-state index < -0.39 is 5.63 Å². The first kappa shape index (κ1) is 16.7. The molecule has 2 aromatic carbocycles. The van der Waals surface area contributed by atoms with E-state index in [-0.39, 0.29) is 24.4 Å². The van der Waals surface area contributed by atoms with Crippen LogP contribution in [0.4, 0.5) is 0 Å². The van der Waals surface area contributed by atoms with Crippen LogP contribution in [0.2, 0.25) is 0 Å². The number of carbonyl (C=O) groups excluding carboxylic acids is 1. The van der Waals surface area contributed by atoms with Gasteiger partial charge in [-0.25, -0.2) is 9.78 Å². The highest BCUT2D eigenvalue weighted by Gasteiger charge is 2.10. The summed E-state index contributed by atoms with van der Waals surface area (Å²) in [4.78, 5) is 28.2. The lowest BCUT2D eigenvalue weighted by molar-refractivity contribution is -0.121. The van der Waals surface area contributed by atoms with Crippen LogP contribution in [-0.2, 0) is 17.8 Å². The topological polar surface area (TPSA) is 81.4 Å². The minimum atomic E-state index is -0.501. The molecule has 0 atom stereocenters. The smallest absolute Gasteiger partial charge is 0.358 e. The number of para-hydroxylation sites is 2. The lowest BCUT2D eigenvalue weighted by Gasteiger charge is -2.07. The van der Waals surface area contributed by atoms with Gasteiger partial charge < -0.3 is 14.5 Å². The van der Waals surface area contributed by atoms with Gasteiger partial charge in [0, 0.05) is 19.4 Å². The molecule has 1 N–H and O–H groups in total. The second-order valence-electron chi connectivity index (χ2n) is 5.54. The van der Waals surface area contributed by atoms with Crippen molar-refractivity contribution in [2.45, 2.75) is 19.4 Å². The van der Waals surface area contributed by atoms with Gasteiger partial charge in [0.05, 0.1) is 7.11 Å². The number of nitrogens with one attached hydrogen (secondary N) is 1. The van der Waals surface area contributed by atoms with Crippen molar-refractivity contribution >= 4 is 17.0 Å². The van der Waals surface area contributed by atoms with Gasteiger partial charge in [0.2, 0.25) is 5.91 Å². The van der Waals surface area contributed by atoms with E-state index in [1.54, 1.807) is 25.3 Å². The van der Waals surface area contributed by atoms with Gasteiger partial charge in [-0.15, -0.1) is 0 Å². The van der Waals surface area contributed by atoms with Crippen molar-refractivity contribution in [3.63, 3.8) is 0 Å². The van der Waals surface area contributed by atoms with Crippen LogP contribution in [0.25, 0.3) is 11.1 Å². The molecule has 6 heteroatoms. The van der Waals surface area contributed by atoms with Crippen LogP contribution in [0.1, 0.15) is 17.7 Å². The molecule has 0 aliphatic heterocycles. The summed E-state index contributed by atoms with van der Waals surface area (Å²) < 4.78 is 10.4. The van der Waals surface area contributed by atoms with Gasteiger partial charge in [-0.1, -0.05) is 24.3 Å². The molecule has 3 aromatic rings. The predicted octanol–water partition coefficient (Wildman–Crippen LogP) is 2.45. The Hall–Kier alpha value is -3.15. The van der Waals surface area contributed by atoms with E-state index in [1.165, 1.54) is 0 Å². The summed E-state index contributed by atoms with van der Waals surface area (Å²) >= 11 is 0. The van der Waals surface area contributed by atoms with Gasteiger partial charge >= 0.3 is 5.63 Å². The number of methoxy groups -OCH3 is 1. The molecule has 1 heterocycles. The van der Waals surface area contributed by atoms with Crippen molar-refractivity contribution in [1.29, 1.82) is 0 Å². The second kappa shape index (κ2) is 7.61. The van der Waals surface area contributed by atoms with E-state index in [2.05, 4.69) is 10.3 Å². The third-order valence-corrected chi connectivity index (χ3v) is 3.77. The summed E-state index contributed by atoms with van der Waals surface area (Å²) in [5.74, 6) is 0.585. The van der Waals surface area contributed by atoms with E-state index in [9.17, 15) is 9.59 Å². The molecule has 0 fully saturated rings. The van der Waals surface area contributed by atoms with Crippen LogP contribution in [0, 0.1) is 0 Å². The van der Waals surface area contributed by atoms with E-state index >= 15 is 0 Å². The van der Waals surface area contributed by atoms with Gasteiger partial charge in [-0.05, 0) is 29.8 Å². The molecule has 1 amide bonds. The molecule has 0 aliphatic carbocycles. The quantitative estimate of drug-likeness (QED) is 0.746. The summed E-state index contributed by atoms with van der Waals surface area (Å²) in [5, 5.41) is 2.82. The van der Waals surface area contributed by atoms with Crippen molar-refractivity contribution < 1.29 is 13.9 Å². The molecule has 0 saturated heterocycles. The molecule has 0 spiro atoms. The number of nitrogens with zero attached hydrogens (tertiary/aromatic N) is 1. The van der Waals surface area contributed by atoms with Crippen LogP contribution in [0.15, 0.2) is 57.7 Å². The second-order valence-corrected chi connectivity index (χ2v) is 5.54. The molecule has 0 saturated carbocycles. The number of rotatable bonds is 6. The highest BCUT2D eigenvalue weighted by molar-refractivity contribution is 5.76. The van der Waals surface area contributed by atoms with Crippen molar-refractivity contribution in [1.82, 2.24) is 10.3 Å². The third kappa shape index (κ3) is 4.23. The first-order valence-corrected chi connectivity index (χ1v) is 7.94. The Morgan fingerprint density at radius 2 is 2.04 bits per heavy atom. The third-order valence-electron chi connectivity index (χ3n) is 3.77. The van der Waals surface area contributed by atoms with Crippen molar-refractivity contribution in [2.24, 2.45) is 0 Å².